The van der Waals surface area contributed by atoms with Gasteiger partial charge in [-0.2, -0.15) is 0 Å². The molecule has 92 heavy (non-hydrogen) atoms. The van der Waals surface area contributed by atoms with Crippen molar-refractivity contribution < 1.29 is 42.6 Å². The molecule has 1 aromatic heterocycles. The van der Waals surface area contributed by atoms with Crippen molar-refractivity contribution in [2.24, 2.45) is 7.05 Å². The van der Waals surface area contributed by atoms with Crippen LogP contribution in [0.2, 0.25) is 0 Å². The van der Waals surface area contributed by atoms with E-state index in [1.54, 1.807) is 0 Å². The number of benzene rings is 8. The van der Waals surface area contributed by atoms with Gasteiger partial charge in [-0.05, 0) is 180 Å². The fourth-order valence-corrected chi connectivity index (χ4v) is 11.7. The summed E-state index contributed by atoms with van der Waals surface area (Å²) in [5.74, 6) is 6.70. The number of hydrogen-bond donors (Lipinski definition) is 0. The van der Waals surface area contributed by atoms with Crippen LogP contribution in [0.15, 0.2) is 200 Å². The van der Waals surface area contributed by atoms with E-state index in [9.17, 15) is 0 Å². The summed E-state index contributed by atoms with van der Waals surface area (Å²) in [6.45, 7) is 18.7. The summed E-state index contributed by atoms with van der Waals surface area (Å²) < 4.78 is 54.1. The van der Waals surface area contributed by atoms with E-state index in [-0.39, 0.29) is 0 Å². The van der Waals surface area contributed by atoms with Crippen LogP contribution in [0.1, 0.15) is 175 Å². The van der Waals surface area contributed by atoms with Crippen molar-refractivity contribution >= 4 is 0 Å². The number of aromatic nitrogens is 3. The molecule has 0 aliphatic rings. The van der Waals surface area contributed by atoms with E-state index in [0.717, 1.165) is 180 Å². The maximum Gasteiger partial charge on any atom is 0.204 e. The quantitative estimate of drug-likeness (QED) is 0.0211. The molecule has 0 radical (unpaired) electrons. The highest BCUT2D eigenvalue weighted by atomic mass is 16.5. The lowest BCUT2D eigenvalue weighted by atomic mass is 9.65. The van der Waals surface area contributed by atoms with Crippen molar-refractivity contribution in [1.82, 2.24) is 9.90 Å². The zero-order chi connectivity index (χ0) is 64.2. The average Bonchev–Trinajstić information content (AvgIpc) is 0.823. The first-order valence-electron chi connectivity index (χ1n) is 34.0. The second kappa shape index (κ2) is 35.2. The molecule has 0 saturated carbocycles. The van der Waals surface area contributed by atoms with Crippen LogP contribution in [0.4, 0.5) is 0 Å². The van der Waals surface area contributed by atoms with E-state index < -0.39 is 10.8 Å². The van der Waals surface area contributed by atoms with E-state index in [0.29, 0.717) is 59.4 Å². The number of rotatable bonds is 40. The Morgan fingerprint density at radius 3 is 0.685 bits per heavy atom. The zero-order valence-electron chi connectivity index (χ0n) is 55.7. The van der Waals surface area contributed by atoms with E-state index in [1.807, 2.05) is 16.4 Å². The molecule has 8 aromatic carbocycles. The molecule has 9 aromatic rings. The summed E-state index contributed by atoms with van der Waals surface area (Å²) in [5, 5.41) is 4.84. The standard InChI is InChI=1S/C81H98N3O8/c1-8-14-54-85-72-37-21-63(22-38-72)80(64-23-39-73(40-24-64)86-55-15-9-2,65-25-41-74(42-26-65)87-56-16-10-3)69-33-49-78(50-34-69)91-60-20-53-84-61-71(83(7)82-84)62-92-79-51-35-70(36-52-79)81(66-27-43-75(44-28-66)88-57-17-11-4,67-29-45-76(46-30-67)89-58-18-12-5)68-31-47-77(48-32-68)90-59-19-13-6/h21-52,61H,8-20,53-60,62H2,1-7H3/q+1. The summed E-state index contributed by atoms with van der Waals surface area (Å²) in [5.41, 5.74) is 8.38. The Labute approximate surface area is 548 Å². The Kier molecular flexibility index (Phi) is 25.9. The molecule has 0 saturated heterocycles. The summed E-state index contributed by atoms with van der Waals surface area (Å²) in [7, 11) is 1.96. The van der Waals surface area contributed by atoms with Gasteiger partial charge < -0.3 is 37.9 Å². The summed E-state index contributed by atoms with van der Waals surface area (Å²) in [4.78, 5) is 0. The normalized spacial score (nSPS) is 11.5. The van der Waals surface area contributed by atoms with Gasteiger partial charge in [0.1, 0.15) is 59.6 Å². The van der Waals surface area contributed by atoms with E-state index in [2.05, 4.69) is 242 Å². The number of aryl methyl sites for hydroxylation is 2. The monoisotopic (exact) mass is 1240 g/mol. The number of unbranched alkanes of at least 4 members (excludes halogenated alkanes) is 6. The first-order chi connectivity index (χ1) is 45.2. The smallest absolute Gasteiger partial charge is 0.204 e. The fraction of sp³-hybridized carbons (Fsp3) is 0.383. The predicted molar refractivity (Wildman–Crippen MR) is 370 cm³/mol. The molecule has 11 heteroatoms. The number of nitrogens with zero attached hydrogens (tertiary/aromatic N) is 3. The van der Waals surface area contributed by atoms with E-state index in [4.69, 9.17) is 43.1 Å². The molecule has 0 amide bonds. The van der Waals surface area contributed by atoms with Crippen LogP contribution in [-0.4, -0.2) is 56.1 Å². The topological polar surface area (TPSA) is 95.5 Å². The lowest BCUT2D eigenvalue weighted by Crippen LogP contribution is -2.36. The third kappa shape index (κ3) is 17.5. The lowest BCUT2D eigenvalue weighted by Gasteiger charge is -2.37. The minimum Gasteiger partial charge on any atom is -0.494 e. The highest BCUT2D eigenvalue weighted by Crippen LogP contribution is 2.49. The minimum atomic E-state index is -0.720. The molecule has 11 nitrogen and oxygen atoms in total. The first kappa shape index (κ1) is 67.7. The lowest BCUT2D eigenvalue weighted by molar-refractivity contribution is -0.755. The molecule has 0 N–H and O–H groups in total. The molecule has 0 atom stereocenters. The fourth-order valence-electron chi connectivity index (χ4n) is 11.7. The Hall–Kier alpha value is -8.70. The van der Waals surface area contributed by atoms with Crippen molar-refractivity contribution in [2.45, 2.75) is 149 Å². The summed E-state index contributed by atoms with van der Waals surface area (Å²) >= 11 is 0. The van der Waals surface area contributed by atoms with E-state index >= 15 is 0 Å². The molecule has 0 spiro atoms. The van der Waals surface area contributed by atoms with Gasteiger partial charge in [-0.25, -0.2) is 0 Å². The maximum atomic E-state index is 6.56. The molecular weight excluding hydrogens is 1140 g/mol. The molecule has 9 rings (SSSR count). The Morgan fingerprint density at radius 1 is 0.283 bits per heavy atom. The van der Waals surface area contributed by atoms with Crippen molar-refractivity contribution in [1.29, 1.82) is 0 Å². The first-order valence-corrected chi connectivity index (χ1v) is 34.0. The Morgan fingerprint density at radius 2 is 0.478 bits per heavy atom. The second-order valence-corrected chi connectivity index (χ2v) is 23.8. The number of ether oxygens (including phenoxy) is 8. The van der Waals surface area contributed by atoms with Gasteiger partial charge in [-0.15, -0.1) is 9.36 Å². The largest absolute Gasteiger partial charge is 0.494 e. The molecule has 0 aliphatic heterocycles. The Balaban J connectivity index is 0.915. The molecular formula is C81H98N3O8+. The van der Waals surface area contributed by atoms with Gasteiger partial charge in [0.15, 0.2) is 12.8 Å². The van der Waals surface area contributed by atoms with Crippen LogP contribution in [0.25, 0.3) is 0 Å². The van der Waals surface area contributed by atoms with Gasteiger partial charge in [-0.3, -0.25) is 0 Å². The third-order valence-corrected chi connectivity index (χ3v) is 17.0. The molecule has 0 bridgehead atoms. The van der Waals surface area contributed by atoms with Gasteiger partial charge in [0.25, 0.3) is 0 Å². The van der Waals surface area contributed by atoms with Crippen LogP contribution in [-0.2, 0) is 31.0 Å². The maximum absolute atomic E-state index is 6.56. The van der Waals surface area contributed by atoms with E-state index in [1.165, 1.54) is 0 Å². The highest BCUT2D eigenvalue weighted by molar-refractivity contribution is 5.63. The molecule has 0 aliphatic carbocycles. The highest BCUT2D eigenvalue weighted by Gasteiger charge is 2.40. The van der Waals surface area contributed by atoms with Crippen LogP contribution < -0.4 is 42.6 Å². The molecule has 0 fully saturated rings. The van der Waals surface area contributed by atoms with Gasteiger partial charge in [0.05, 0.1) is 62.3 Å². The zero-order valence-corrected chi connectivity index (χ0v) is 55.7. The average molecular weight is 1240 g/mol. The van der Waals surface area contributed by atoms with Crippen LogP contribution in [0.5, 0.6) is 46.0 Å². The predicted octanol–water partition coefficient (Wildman–Crippen LogP) is 18.6. The number of hydrogen-bond acceptors (Lipinski definition) is 9. The molecule has 484 valence electrons. The van der Waals surface area contributed by atoms with Crippen molar-refractivity contribution in [3.8, 4) is 46.0 Å². The summed E-state index contributed by atoms with van der Waals surface area (Å²) in [6, 6.07) is 68.9. The van der Waals surface area contributed by atoms with Crippen LogP contribution >= 0.6 is 0 Å². The van der Waals surface area contributed by atoms with Gasteiger partial charge in [0.2, 0.25) is 5.69 Å². The summed E-state index contributed by atoms with van der Waals surface area (Å²) in [6.07, 6.45) is 15.3. The minimum absolute atomic E-state index is 0.342. The Bertz CT molecular complexity index is 3270. The molecule has 0 unspecified atom stereocenters. The van der Waals surface area contributed by atoms with Gasteiger partial charge >= 0.3 is 0 Å². The van der Waals surface area contributed by atoms with Crippen molar-refractivity contribution in [3.63, 3.8) is 0 Å². The van der Waals surface area contributed by atoms with Crippen LogP contribution in [0.3, 0.4) is 0 Å². The van der Waals surface area contributed by atoms with Gasteiger partial charge in [0, 0.05) is 6.42 Å². The second-order valence-electron chi connectivity index (χ2n) is 23.8. The SMILES string of the molecule is CCCCOc1ccc(C(c2ccc(OCCCC)cc2)(c2ccc(OCCCC)cc2)c2ccc(OCCC[n+]3cc(COc4ccc(C(c5ccc(OCCCC)cc5)(c5ccc(OCCCC)cc5)c5ccc(OCCCC)cc5)cc4)n(C)n3)cc2)cc1. The van der Waals surface area contributed by atoms with Crippen molar-refractivity contribution in [3.05, 3.63) is 251 Å². The third-order valence-electron chi connectivity index (χ3n) is 17.0. The van der Waals surface area contributed by atoms with Gasteiger partial charge in [-0.1, -0.05) is 177 Å². The van der Waals surface area contributed by atoms with Crippen molar-refractivity contribution in [2.75, 3.05) is 46.2 Å². The molecule has 1 heterocycles. The van der Waals surface area contributed by atoms with Crippen LogP contribution in [0, 0.1) is 0 Å².